The Balaban J connectivity index is 1.94. The first-order valence-corrected chi connectivity index (χ1v) is 6.36. The summed E-state index contributed by atoms with van der Waals surface area (Å²) in [6.07, 6.45) is -2.50. The number of fused-ring (bicyclic) bond motifs is 1. The van der Waals surface area contributed by atoms with E-state index < -0.39 is 17.6 Å². The minimum Gasteiger partial charge on any atom is -0.361 e. The van der Waals surface area contributed by atoms with E-state index in [1.165, 1.54) is 6.07 Å². The lowest BCUT2D eigenvalue weighted by molar-refractivity contribution is -0.140. The molecule has 0 radical (unpaired) electrons. The van der Waals surface area contributed by atoms with Crippen LogP contribution >= 0.6 is 0 Å². The third-order valence-electron chi connectivity index (χ3n) is 3.41. The Morgan fingerprint density at radius 2 is 1.76 bits per heavy atom. The molecular weight excluding hydrogens is 282 g/mol. The summed E-state index contributed by atoms with van der Waals surface area (Å²) in [4.78, 5) is 3.08. The van der Waals surface area contributed by atoms with E-state index in [9.17, 15) is 17.6 Å². The van der Waals surface area contributed by atoms with E-state index in [0.717, 1.165) is 28.6 Å². The number of benzene rings is 2. The van der Waals surface area contributed by atoms with Crippen molar-refractivity contribution in [1.82, 2.24) is 4.98 Å². The molecule has 0 saturated carbocycles. The van der Waals surface area contributed by atoms with Crippen LogP contribution in [-0.4, -0.2) is 4.98 Å². The molecule has 108 valence electrons. The van der Waals surface area contributed by atoms with Crippen LogP contribution in [0.5, 0.6) is 0 Å². The van der Waals surface area contributed by atoms with Gasteiger partial charge in [-0.3, -0.25) is 0 Å². The van der Waals surface area contributed by atoms with E-state index >= 15 is 0 Å². The van der Waals surface area contributed by atoms with Crippen molar-refractivity contribution in [1.29, 1.82) is 0 Å². The average molecular weight is 293 g/mol. The fourth-order valence-corrected chi connectivity index (χ4v) is 2.40. The fourth-order valence-electron chi connectivity index (χ4n) is 2.40. The summed E-state index contributed by atoms with van der Waals surface area (Å²) in [6, 6.07) is 10.7. The number of nitrogens with one attached hydrogen (secondary N) is 1. The van der Waals surface area contributed by atoms with Gasteiger partial charge < -0.3 is 4.98 Å². The van der Waals surface area contributed by atoms with Crippen LogP contribution < -0.4 is 0 Å². The average Bonchev–Trinajstić information content (AvgIpc) is 2.81. The van der Waals surface area contributed by atoms with Crippen molar-refractivity contribution >= 4 is 10.9 Å². The standard InChI is InChI=1S/C16H11F4N/c17-14-8-10(5-6-13(14)16(18,19)20)7-11-9-21-15-4-2-1-3-12(11)15/h1-6,8-9,21H,7H2. The summed E-state index contributed by atoms with van der Waals surface area (Å²) >= 11 is 0. The van der Waals surface area contributed by atoms with E-state index in [2.05, 4.69) is 4.98 Å². The SMILES string of the molecule is Fc1cc(Cc2c[nH]c3ccccc23)ccc1C(F)(F)F. The molecule has 0 amide bonds. The Labute approximate surface area is 118 Å². The van der Waals surface area contributed by atoms with Crippen molar-refractivity contribution < 1.29 is 17.6 Å². The van der Waals surface area contributed by atoms with E-state index in [4.69, 9.17) is 0 Å². The number of halogens is 4. The van der Waals surface area contributed by atoms with Gasteiger partial charge in [0.05, 0.1) is 5.56 Å². The van der Waals surface area contributed by atoms with Crippen molar-refractivity contribution in [3.63, 3.8) is 0 Å². The first kappa shape index (κ1) is 13.7. The molecule has 0 atom stereocenters. The molecule has 1 aromatic heterocycles. The van der Waals surface area contributed by atoms with E-state index in [0.29, 0.717) is 12.0 Å². The molecule has 2 aromatic carbocycles. The van der Waals surface area contributed by atoms with E-state index in [1.54, 1.807) is 6.20 Å². The lowest BCUT2D eigenvalue weighted by atomic mass is 10.0. The number of rotatable bonds is 2. The number of para-hydroxylation sites is 1. The number of H-pyrrole nitrogens is 1. The first-order valence-electron chi connectivity index (χ1n) is 6.36. The first-order chi connectivity index (χ1) is 9.95. The van der Waals surface area contributed by atoms with E-state index in [1.807, 2.05) is 24.3 Å². The van der Waals surface area contributed by atoms with Crippen LogP contribution in [0.25, 0.3) is 10.9 Å². The summed E-state index contributed by atoms with van der Waals surface area (Å²) in [7, 11) is 0. The van der Waals surface area contributed by atoms with Crippen molar-refractivity contribution in [3.8, 4) is 0 Å². The predicted molar refractivity (Wildman–Crippen MR) is 72.5 cm³/mol. The smallest absolute Gasteiger partial charge is 0.361 e. The number of aromatic amines is 1. The van der Waals surface area contributed by atoms with Gasteiger partial charge in [0.2, 0.25) is 0 Å². The molecule has 0 aliphatic heterocycles. The minimum atomic E-state index is -4.66. The van der Waals surface area contributed by atoms with Gasteiger partial charge in [-0.2, -0.15) is 13.2 Å². The van der Waals surface area contributed by atoms with Crippen LogP contribution in [0.3, 0.4) is 0 Å². The van der Waals surface area contributed by atoms with Crippen LogP contribution in [0, 0.1) is 5.82 Å². The molecule has 0 aliphatic rings. The maximum Gasteiger partial charge on any atom is 0.419 e. The van der Waals surface area contributed by atoms with E-state index in [-0.39, 0.29) is 0 Å². The van der Waals surface area contributed by atoms with Gasteiger partial charge in [-0.1, -0.05) is 24.3 Å². The van der Waals surface area contributed by atoms with Gasteiger partial charge in [-0.25, -0.2) is 4.39 Å². The highest BCUT2D eigenvalue weighted by Gasteiger charge is 2.33. The minimum absolute atomic E-state index is 0.374. The monoisotopic (exact) mass is 293 g/mol. The van der Waals surface area contributed by atoms with Crippen LogP contribution in [0.1, 0.15) is 16.7 Å². The zero-order chi connectivity index (χ0) is 15.0. The van der Waals surface area contributed by atoms with Crippen LogP contribution in [-0.2, 0) is 12.6 Å². The van der Waals surface area contributed by atoms with Crippen molar-refractivity contribution in [2.45, 2.75) is 12.6 Å². The highest BCUT2D eigenvalue weighted by Crippen LogP contribution is 2.32. The van der Waals surface area contributed by atoms with Gasteiger partial charge >= 0.3 is 6.18 Å². The molecule has 1 heterocycles. The summed E-state index contributed by atoms with van der Waals surface area (Å²) in [5.41, 5.74) is 1.14. The van der Waals surface area contributed by atoms with Gasteiger partial charge in [0, 0.05) is 17.1 Å². The van der Waals surface area contributed by atoms with Crippen LogP contribution in [0.4, 0.5) is 17.6 Å². The Morgan fingerprint density at radius 3 is 2.48 bits per heavy atom. The molecule has 1 N–H and O–H groups in total. The van der Waals surface area contributed by atoms with Gasteiger partial charge in [-0.15, -0.1) is 0 Å². The van der Waals surface area contributed by atoms with Crippen molar-refractivity contribution in [3.05, 3.63) is 71.2 Å². The molecule has 0 bridgehead atoms. The Morgan fingerprint density at radius 1 is 1.00 bits per heavy atom. The quantitative estimate of drug-likeness (QED) is 0.646. The van der Waals surface area contributed by atoms with Crippen molar-refractivity contribution in [2.24, 2.45) is 0 Å². The summed E-state index contributed by atoms with van der Waals surface area (Å²) in [6.45, 7) is 0. The third kappa shape index (κ3) is 2.63. The van der Waals surface area contributed by atoms with Crippen LogP contribution in [0.15, 0.2) is 48.7 Å². The normalized spacial score (nSPS) is 12.0. The molecule has 0 saturated heterocycles. The number of hydrogen-bond acceptors (Lipinski definition) is 0. The molecule has 3 rings (SSSR count). The molecule has 0 fully saturated rings. The topological polar surface area (TPSA) is 15.8 Å². The summed E-state index contributed by atoms with van der Waals surface area (Å²) in [5, 5.41) is 0.984. The molecular formula is C16H11F4N. The second kappa shape index (κ2) is 4.91. The molecule has 3 aromatic rings. The third-order valence-corrected chi connectivity index (χ3v) is 3.41. The Kier molecular flexibility index (Phi) is 3.20. The second-order valence-electron chi connectivity index (χ2n) is 4.85. The van der Waals surface area contributed by atoms with Crippen LogP contribution in [0.2, 0.25) is 0 Å². The largest absolute Gasteiger partial charge is 0.419 e. The number of hydrogen-bond donors (Lipinski definition) is 1. The zero-order valence-corrected chi connectivity index (χ0v) is 10.8. The van der Waals surface area contributed by atoms with Gasteiger partial charge in [0.25, 0.3) is 0 Å². The molecule has 0 spiro atoms. The summed E-state index contributed by atoms with van der Waals surface area (Å²) < 4.78 is 51.1. The Hall–Kier alpha value is -2.30. The molecule has 0 unspecified atom stereocenters. The van der Waals surface area contributed by atoms with Gasteiger partial charge in [-0.05, 0) is 35.7 Å². The van der Waals surface area contributed by atoms with Gasteiger partial charge in [0.1, 0.15) is 5.82 Å². The predicted octanol–water partition coefficient (Wildman–Crippen LogP) is 4.92. The van der Waals surface area contributed by atoms with Crippen molar-refractivity contribution in [2.75, 3.05) is 0 Å². The lowest BCUT2D eigenvalue weighted by Gasteiger charge is -2.09. The number of alkyl halides is 3. The molecule has 1 nitrogen and oxygen atoms in total. The summed E-state index contributed by atoms with van der Waals surface area (Å²) in [5.74, 6) is -1.24. The number of aromatic nitrogens is 1. The second-order valence-corrected chi connectivity index (χ2v) is 4.85. The maximum atomic E-state index is 13.6. The molecule has 21 heavy (non-hydrogen) atoms. The highest BCUT2D eigenvalue weighted by atomic mass is 19.4. The highest BCUT2D eigenvalue weighted by molar-refractivity contribution is 5.83. The fraction of sp³-hybridized carbons (Fsp3) is 0.125. The van der Waals surface area contributed by atoms with Gasteiger partial charge in [0.15, 0.2) is 0 Å². The zero-order valence-electron chi connectivity index (χ0n) is 10.8. The molecule has 5 heteroatoms. The molecule has 0 aliphatic carbocycles. The maximum absolute atomic E-state index is 13.6. The lowest BCUT2D eigenvalue weighted by Crippen LogP contribution is -2.08. The Bertz CT molecular complexity index is 786.